The average Bonchev–Trinajstić information content (AvgIpc) is 2.95. The Balaban J connectivity index is 2.42. The van der Waals surface area contributed by atoms with E-state index in [1.165, 1.54) is 0 Å². The number of aromatic nitrogens is 3. The first-order valence-corrected chi connectivity index (χ1v) is 6.07. The van der Waals surface area contributed by atoms with Crippen LogP contribution >= 0.6 is 0 Å². The zero-order valence-corrected chi connectivity index (χ0v) is 11.2. The molecule has 2 rings (SSSR count). The Morgan fingerprint density at radius 1 is 1.37 bits per heavy atom. The van der Waals surface area contributed by atoms with Crippen molar-refractivity contribution in [1.29, 1.82) is 0 Å². The lowest BCUT2D eigenvalue weighted by atomic mass is 10.1. The Hall–Kier alpha value is -2.21. The van der Waals surface area contributed by atoms with Gasteiger partial charge in [-0.25, -0.2) is 9.67 Å². The van der Waals surface area contributed by atoms with Gasteiger partial charge in [0.2, 0.25) is 0 Å². The van der Waals surface area contributed by atoms with Crippen molar-refractivity contribution in [3.63, 3.8) is 0 Å². The first-order valence-electron chi connectivity index (χ1n) is 6.07. The minimum absolute atomic E-state index is 0.149. The molecule has 0 aliphatic carbocycles. The van der Waals surface area contributed by atoms with Gasteiger partial charge in [-0.05, 0) is 26.1 Å². The number of carbonyl (C=O) groups is 1. The Morgan fingerprint density at radius 2 is 2.16 bits per heavy atom. The van der Waals surface area contributed by atoms with Gasteiger partial charge in [-0.2, -0.15) is 5.10 Å². The summed E-state index contributed by atoms with van der Waals surface area (Å²) in [6.07, 6.45) is 3.45. The van der Waals surface area contributed by atoms with Gasteiger partial charge in [0.05, 0.1) is 0 Å². The number of nitrogens with one attached hydrogen (secondary N) is 2. The molecular weight excluding hydrogens is 242 g/mol. The van der Waals surface area contributed by atoms with Gasteiger partial charge in [-0.15, -0.1) is 0 Å². The third-order valence-corrected chi connectivity index (χ3v) is 2.98. The molecule has 0 spiro atoms. The van der Waals surface area contributed by atoms with Gasteiger partial charge in [0.1, 0.15) is 0 Å². The Labute approximate surface area is 111 Å². The zero-order valence-electron chi connectivity index (χ0n) is 11.2. The first kappa shape index (κ1) is 13.2. The second-order valence-corrected chi connectivity index (χ2v) is 4.15. The van der Waals surface area contributed by atoms with Gasteiger partial charge in [0, 0.05) is 31.0 Å². The van der Waals surface area contributed by atoms with Crippen LogP contribution < -0.4 is 10.6 Å². The second kappa shape index (κ2) is 5.62. The van der Waals surface area contributed by atoms with Crippen LogP contribution in [0.4, 0.5) is 0 Å². The molecule has 0 radical (unpaired) electrons. The highest BCUT2D eigenvalue weighted by Gasteiger charge is 2.14. The van der Waals surface area contributed by atoms with Crippen LogP contribution in [0.1, 0.15) is 29.0 Å². The third-order valence-electron chi connectivity index (χ3n) is 2.98. The SMILES string of the molecule is CNC(=O)c1ccn(-c2ncccc2C(C)NC)n1. The van der Waals surface area contributed by atoms with Gasteiger partial charge in [0.15, 0.2) is 11.5 Å². The molecule has 6 heteroatoms. The summed E-state index contributed by atoms with van der Waals surface area (Å²) in [4.78, 5) is 15.9. The van der Waals surface area contributed by atoms with E-state index in [-0.39, 0.29) is 11.9 Å². The first-order chi connectivity index (χ1) is 9.17. The fraction of sp³-hybridized carbons (Fsp3) is 0.308. The zero-order chi connectivity index (χ0) is 13.8. The molecule has 0 saturated heterocycles. The van der Waals surface area contributed by atoms with E-state index >= 15 is 0 Å². The molecule has 0 aromatic carbocycles. The summed E-state index contributed by atoms with van der Waals surface area (Å²) >= 11 is 0. The molecule has 2 aromatic heterocycles. The number of hydrogen-bond acceptors (Lipinski definition) is 4. The van der Waals surface area contributed by atoms with Crippen LogP contribution in [0.15, 0.2) is 30.6 Å². The fourth-order valence-electron chi connectivity index (χ4n) is 1.79. The minimum Gasteiger partial charge on any atom is -0.354 e. The second-order valence-electron chi connectivity index (χ2n) is 4.15. The molecule has 0 bridgehead atoms. The van der Waals surface area contributed by atoms with E-state index < -0.39 is 0 Å². The van der Waals surface area contributed by atoms with Gasteiger partial charge in [-0.1, -0.05) is 6.07 Å². The van der Waals surface area contributed by atoms with Crippen molar-refractivity contribution in [3.8, 4) is 5.82 Å². The van der Waals surface area contributed by atoms with Crippen LogP contribution in [-0.2, 0) is 0 Å². The summed E-state index contributed by atoms with van der Waals surface area (Å²) in [6.45, 7) is 2.05. The van der Waals surface area contributed by atoms with E-state index in [2.05, 4.69) is 20.7 Å². The molecule has 2 aromatic rings. The fourth-order valence-corrected chi connectivity index (χ4v) is 1.79. The van der Waals surface area contributed by atoms with Crippen molar-refractivity contribution in [2.24, 2.45) is 0 Å². The number of amides is 1. The minimum atomic E-state index is -0.210. The van der Waals surface area contributed by atoms with E-state index in [0.29, 0.717) is 5.69 Å². The van der Waals surface area contributed by atoms with Crippen LogP contribution in [0.3, 0.4) is 0 Å². The van der Waals surface area contributed by atoms with Gasteiger partial charge in [0.25, 0.3) is 5.91 Å². The monoisotopic (exact) mass is 259 g/mol. The molecule has 1 unspecified atom stereocenters. The van der Waals surface area contributed by atoms with Gasteiger partial charge in [-0.3, -0.25) is 4.79 Å². The largest absolute Gasteiger partial charge is 0.354 e. The number of nitrogens with zero attached hydrogens (tertiary/aromatic N) is 3. The molecule has 19 heavy (non-hydrogen) atoms. The molecule has 0 aliphatic rings. The molecule has 1 atom stereocenters. The van der Waals surface area contributed by atoms with Crippen LogP contribution in [0.2, 0.25) is 0 Å². The topological polar surface area (TPSA) is 71.8 Å². The Morgan fingerprint density at radius 3 is 2.84 bits per heavy atom. The van der Waals surface area contributed by atoms with Crippen LogP contribution in [-0.4, -0.2) is 34.8 Å². The van der Waals surface area contributed by atoms with Gasteiger partial charge < -0.3 is 10.6 Å². The molecule has 2 heterocycles. The van der Waals surface area contributed by atoms with E-state index in [1.807, 2.05) is 26.1 Å². The normalized spacial score (nSPS) is 12.2. The molecule has 0 saturated carbocycles. The smallest absolute Gasteiger partial charge is 0.271 e. The third kappa shape index (κ3) is 2.63. The lowest BCUT2D eigenvalue weighted by Gasteiger charge is -2.14. The number of rotatable bonds is 4. The van der Waals surface area contributed by atoms with E-state index in [1.54, 1.807) is 30.2 Å². The summed E-state index contributed by atoms with van der Waals surface area (Å²) in [5.41, 5.74) is 1.40. The summed E-state index contributed by atoms with van der Waals surface area (Å²) in [7, 11) is 3.47. The Bertz CT molecular complexity index is 578. The molecule has 0 fully saturated rings. The molecule has 2 N–H and O–H groups in total. The van der Waals surface area contributed by atoms with Crippen LogP contribution in [0.5, 0.6) is 0 Å². The van der Waals surface area contributed by atoms with Crippen molar-refractivity contribution in [2.75, 3.05) is 14.1 Å². The van der Waals surface area contributed by atoms with E-state index in [9.17, 15) is 4.79 Å². The maximum Gasteiger partial charge on any atom is 0.271 e. The van der Waals surface area contributed by atoms with Crippen molar-refractivity contribution in [3.05, 3.63) is 41.9 Å². The van der Waals surface area contributed by atoms with Crippen LogP contribution in [0, 0.1) is 0 Å². The van der Waals surface area contributed by atoms with E-state index in [0.717, 1.165) is 11.4 Å². The Kier molecular flexibility index (Phi) is 3.91. The van der Waals surface area contributed by atoms with Crippen molar-refractivity contribution in [2.45, 2.75) is 13.0 Å². The maximum atomic E-state index is 11.5. The number of hydrogen-bond donors (Lipinski definition) is 2. The summed E-state index contributed by atoms with van der Waals surface area (Å²) in [5.74, 6) is 0.511. The summed E-state index contributed by atoms with van der Waals surface area (Å²) in [6, 6.07) is 5.69. The highest BCUT2D eigenvalue weighted by atomic mass is 16.1. The van der Waals surface area contributed by atoms with Crippen molar-refractivity contribution < 1.29 is 4.79 Å². The number of carbonyl (C=O) groups excluding carboxylic acids is 1. The predicted molar refractivity (Wildman–Crippen MR) is 72.2 cm³/mol. The lowest BCUT2D eigenvalue weighted by Crippen LogP contribution is -2.19. The summed E-state index contributed by atoms with van der Waals surface area (Å²) < 4.78 is 1.62. The van der Waals surface area contributed by atoms with Crippen molar-refractivity contribution in [1.82, 2.24) is 25.4 Å². The van der Waals surface area contributed by atoms with Crippen LogP contribution in [0.25, 0.3) is 5.82 Å². The molecule has 0 aliphatic heterocycles. The highest BCUT2D eigenvalue weighted by Crippen LogP contribution is 2.18. The number of pyridine rings is 1. The maximum absolute atomic E-state index is 11.5. The molecule has 6 nitrogen and oxygen atoms in total. The molecule has 100 valence electrons. The highest BCUT2D eigenvalue weighted by molar-refractivity contribution is 5.91. The van der Waals surface area contributed by atoms with Gasteiger partial charge >= 0.3 is 0 Å². The predicted octanol–water partition coefficient (Wildman–Crippen LogP) is 0.907. The lowest BCUT2D eigenvalue weighted by molar-refractivity contribution is 0.0957. The average molecular weight is 259 g/mol. The standard InChI is InChI=1S/C13H17N5O/c1-9(14-2)10-5-4-7-16-12(10)18-8-6-11(17-18)13(19)15-3/h4-9,14H,1-3H3,(H,15,19). The summed E-state index contributed by atoms with van der Waals surface area (Å²) in [5, 5.41) is 9.96. The quantitative estimate of drug-likeness (QED) is 0.856. The van der Waals surface area contributed by atoms with E-state index in [4.69, 9.17) is 0 Å². The molecular formula is C13H17N5O. The van der Waals surface area contributed by atoms with Crippen molar-refractivity contribution >= 4 is 5.91 Å². The molecule has 1 amide bonds.